The standard InChI is InChI=1S/C26H38NO2S/c1-5-8-15-22-30-26(23-16-11-9-12-17-23,24-18-13-10-14-19-24)25(28)29-21-20-27(4,6-2)7-3/h9-14,16-19H,5-8,15,20-22H2,1-4H3/q+1. The van der Waals surface area contributed by atoms with Crippen LogP contribution >= 0.6 is 11.8 Å². The number of nitrogens with zero attached hydrogens (tertiary/aromatic N) is 1. The maximum absolute atomic E-state index is 13.7. The largest absolute Gasteiger partial charge is 0.458 e. The summed E-state index contributed by atoms with van der Waals surface area (Å²) >= 11 is 1.71. The fourth-order valence-corrected chi connectivity index (χ4v) is 4.99. The first-order valence-electron chi connectivity index (χ1n) is 11.3. The minimum Gasteiger partial charge on any atom is -0.458 e. The van der Waals surface area contributed by atoms with E-state index in [0.29, 0.717) is 6.61 Å². The van der Waals surface area contributed by atoms with Crippen LogP contribution in [0.2, 0.25) is 0 Å². The topological polar surface area (TPSA) is 26.3 Å². The van der Waals surface area contributed by atoms with Gasteiger partial charge in [0.05, 0.1) is 20.1 Å². The first kappa shape index (κ1) is 24.5. The lowest BCUT2D eigenvalue weighted by molar-refractivity contribution is -0.906. The number of unbranched alkanes of at least 4 members (excludes halogenated alkanes) is 2. The molecule has 0 unspecified atom stereocenters. The third kappa shape index (κ3) is 6.12. The smallest absolute Gasteiger partial charge is 0.331 e. The Labute approximate surface area is 187 Å². The number of ether oxygens (including phenoxy) is 1. The summed E-state index contributed by atoms with van der Waals surface area (Å²) in [5.41, 5.74) is 1.98. The highest BCUT2D eigenvalue weighted by Crippen LogP contribution is 2.44. The summed E-state index contributed by atoms with van der Waals surface area (Å²) in [4.78, 5) is 13.7. The Bertz CT molecular complexity index is 705. The second-order valence-electron chi connectivity index (χ2n) is 8.08. The van der Waals surface area contributed by atoms with Crippen molar-refractivity contribution < 1.29 is 14.0 Å². The molecule has 0 amide bonds. The third-order valence-electron chi connectivity index (χ3n) is 6.11. The minimum atomic E-state index is -0.835. The minimum absolute atomic E-state index is 0.153. The second-order valence-corrected chi connectivity index (χ2v) is 9.39. The molecular formula is C26H38NO2S+. The van der Waals surface area contributed by atoms with Crippen LogP contribution < -0.4 is 0 Å². The van der Waals surface area contributed by atoms with Gasteiger partial charge in [-0.2, -0.15) is 0 Å². The summed E-state index contributed by atoms with van der Waals surface area (Å²) in [7, 11) is 2.22. The van der Waals surface area contributed by atoms with E-state index in [9.17, 15) is 4.79 Å². The molecule has 0 fully saturated rings. The number of benzene rings is 2. The molecule has 0 aromatic heterocycles. The normalized spacial score (nSPS) is 12.0. The SMILES string of the molecule is CCCCCSC(C(=O)OCC[N+](C)(CC)CC)(c1ccccc1)c1ccccc1. The lowest BCUT2D eigenvalue weighted by Crippen LogP contribution is -2.47. The van der Waals surface area contributed by atoms with E-state index < -0.39 is 4.75 Å². The van der Waals surface area contributed by atoms with Crippen LogP contribution in [0, 0.1) is 0 Å². The van der Waals surface area contributed by atoms with Gasteiger partial charge in [-0.3, -0.25) is 0 Å². The summed E-state index contributed by atoms with van der Waals surface area (Å²) in [5.74, 6) is 0.768. The number of thioether (sulfide) groups is 1. The third-order valence-corrected chi connectivity index (χ3v) is 7.67. The Kier molecular flexibility index (Phi) is 9.93. The van der Waals surface area contributed by atoms with Crippen molar-refractivity contribution >= 4 is 17.7 Å². The first-order chi connectivity index (χ1) is 14.5. The fourth-order valence-electron chi connectivity index (χ4n) is 3.55. The van der Waals surface area contributed by atoms with E-state index in [0.717, 1.165) is 47.4 Å². The second kappa shape index (κ2) is 12.2. The van der Waals surface area contributed by atoms with Gasteiger partial charge < -0.3 is 9.22 Å². The molecule has 0 aliphatic carbocycles. The van der Waals surface area contributed by atoms with Gasteiger partial charge in [-0.25, -0.2) is 4.79 Å². The molecule has 0 radical (unpaired) electrons. The predicted molar refractivity (Wildman–Crippen MR) is 129 cm³/mol. The molecule has 4 heteroatoms. The van der Waals surface area contributed by atoms with Crippen LogP contribution in [0.25, 0.3) is 0 Å². The highest BCUT2D eigenvalue weighted by molar-refractivity contribution is 8.01. The van der Waals surface area contributed by atoms with Gasteiger partial charge in [0.25, 0.3) is 0 Å². The van der Waals surface area contributed by atoms with Gasteiger partial charge in [0.15, 0.2) is 4.75 Å². The maximum Gasteiger partial charge on any atom is 0.331 e. The summed E-state index contributed by atoms with van der Waals surface area (Å²) in [6.45, 7) is 9.91. The van der Waals surface area contributed by atoms with E-state index in [1.54, 1.807) is 11.8 Å². The molecule has 30 heavy (non-hydrogen) atoms. The Morgan fingerprint density at radius 2 is 1.43 bits per heavy atom. The zero-order valence-electron chi connectivity index (χ0n) is 19.1. The van der Waals surface area contributed by atoms with Gasteiger partial charge in [0.2, 0.25) is 0 Å². The van der Waals surface area contributed by atoms with Crippen LogP contribution in [-0.4, -0.2) is 49.5 Å². The molecule has 0 N–H and O–H groups in total. The van der Waals surface area contributed by atoms with Crippen LogP contribution in [-0.2, 0) is 14.3 Å². The van der Waals surface area contributed by atoms with E-state index >= 15 is 0 Å². The maximum atomic E-state index is 13.7. The van der Waals surface area contributed by atoms with Gasteiger partial charge in [-0.05, 0) is 37.1 Å². The Morgan fingerprint density at radius 3 is 1.90 bits per heavy atom. The first-order valence-corrected chi connectivity index (χ1v) is 12.3. The molecule has 0 spiro atoms. The Morgan fingerprint density at radius 1 is 0.900 bits per heavy atom. The van der Waals surface area contributed by atoms with E-state index in [1.165, 1.54) is 12.8 Å². The molecule has 164 valence electrons. The average molecular weight is 429 g/mol. The number of carbonyl (C=O) groups is 1. The highest BCUT2D eigenvalue weighted by Gasteiger charge is 2.44. The van der Waals surface area contributed by atoms with E-state index in [1.807, 2.05) is 36.4 Å². The average Bonchev–Trinajstić information content (AvgIpc) is 2.80. The van der Waals surface area contributed by atoms with Gasteiger partial charge >= 0.3 is 5.97 Å². The van der Waals surface area contributed by atoms with Crippen molar-refractivity contribution in [3.05, 3.63) is 71.8 Å². The molecule has 0 saturated heterocycles. The lowest BCUT2D eigenvalue weighted by atomic mass is 9.90. The quantitative estimate of drug-likeness (QED) is 0.226. The number of carbonyl (C=O) groups excluding carboxylic acids is 1. The van der Waals surface area contributed by atoms with Crippen molar-refractivity contribution in [3.8, 4) is 0 Å². The van der Waals surface area contributed by atoms with Crippen molar-refractivity contribution in [2.24, 2.45) is 0 Å². The zero-order valence-corrected chi connectivity index (χ0v) is 19.9. The summed E-state index contributed by atoms with van der Waals surface area (Å²) in [6, 6.07) is 20.3. The van der Waals surface area contributed by atoms with Crippen molar-refractivity contribution in [2.45, 2.75) is 44.8 Å². The summed E-state index contributed by atoms with van der Waals surface area (Å²) < 4.78 is 6.07. The molecule has 0 heterocycles. The van der Waals surface area contributed by atoms with Crippen LogP contribution in [0.1, 0.15) is 51.2 Å². The van der Waals surface area contributed by atoms with E-state index in [4.69, 9.17) is 4.74 Å². The molecule has 2 rings (SSSR count). The van der Waals surface area contributed by atoms with Gasteiger partial charge in [0.1, 0.15) is 13.2 Å². The summed E-state index contributed by atoms with van der Waals surface area (Å²) in [5, 5.41) is 0. The zero-order chi connectivity index (χ0) is 21.9. The monoisotopic (exact) mass is 428 g/mol. The van der Waals surface area contributed by atoms with Crippen LogP contribution in [0.3, 0.4) is 0 Å². The van der Waals surface area contributed by atoms with Crippen molar-refractivity contribution in [1.82, 2.24) is 0 Å². The lowest BCUT2D eigenvalue weighted by Gasteiger charge is -2.34. The van der Waals surface area contributed by atoms with Crippen LogP contribution in [0.5, 0.6) is 0 Å². The van der Waals surface area contributed by atoms with Crippen molar-refractivity contribution in [2.75, 3.05) is 39.0 Å². The molecule has 2 aromatic carbocycles. The van der Waals surface area contributed by atoms with Crippen LogP contribution in [0.4, 0.5) is 0 Å². The molecule has 0 aliphatic heterocycles. The number of hydrogen-bond donors (Lipinski definition) is 0. The van der Waals surface area contributed by atoms with Gasteiger partial charge in [0, 0.05) is 0 Å². The number of likely N-dealkylation sites (N-methyl/N-ethyl adjacent to an activating group) is 1. The number of hydrogen-bond acceptors (Lipinski definition) is 3. The Hall–Kier alpha value is -1.78. The van der Waals surface area contributed by atoms with E-state index in [-0.39, 0.29) is 5.97 Å². The van der Waals surface area contributed by atoms with Crippen molar-refractivity contribution in [1.29, 1.82) is 0 Å². The number of esters is 1. The molecule has 0 aliphatic rings. The summed E-state index contributed by atoms with van der Waals surface area (Å²) in [6.07, 6.45) is 3.43. The Balaban J connectivity index is 2.36. The molecule has 2 aromatic rings. The number of rotatable bonds is 13. The number of quaternary nitrogens is 1. The molecule has 0 bridgehead atoms. The molecule has 0 atom stereocenters. The van der Waals surface area contributed by atoms with Gasteiger partial charge in [-0.15, -0.1) is 11.8 Å². The van der Waals surface area contributed by atoms with Crippen LogP contribution in [0.15, 0.2) is 60.7 Å². The molecular weight excluding hydrogens is 390 g/mol. The fraction of sp³-hybridized carbons (Fsp3) is 0.500. The van der Waals surface area contributed by atoms with E-state index in [2.05, 4.69) is 52.1 Å². The highest BCUT2D eigenvalue weighted by atomic mass is 32.2. The predicted octanol–water partition coefficient (Wildman–Crippen LogP) is 5.88. The molecule has 0 saturated carbocycles. The molecule has 3 nitrogen and oxygen atoms in total. The van der Waals surface area contributed by atoms with Gasteiger partial charge in [-0.1, -0.05) is 80.4 Å². The van der Waals surface area contributed by atoms with Crippen molar-refractivity contribution in [3.63, 3.8) is 0 Å².